The lowest BCUT2D eigenvalue weighted by atomic mass is 10.1. The Kier molecular flexibility index (Phi) is 7.11. The number of anilines is 1. The molecule has 0 spiro atoms. The fourth-order valence-corrected chi connectivity index (χ4v) is 2.79. The molecule has 2 amide bonds. The molecule has 0 saturated carbocycles. The molecule has 1 unspecified atom stereocenters. The summed E-state index contributed by atoms with van der Waals surface area (Å²) in [4.78, 5) is 37.8. The molecule has 6 heteroatoms. The van der Waals surface area contributed by atoms with Gasteiger partial charge < -0.3 is 15.0 Å². The fraction of sp³-hybridized carbons (Fsp3) is 0.286. The monoisotopic (exact) mass is 368 g/mol. The smallest absolute Gasteiger partial charge is 0.339 e. The van der Waals surface area contributed by atoms with Crippen molar-refractivity contribution in [1.82, 2.24) is 5.32 Å². The van der Waals surface area contributed by atoms with Crippen LogP contribution >= 0.6 is 0 Å². The van der Waals surface area contributed by atoms with E-state index in [1.54, 1.807) is 24.3 Å². The summed E-state index contributed by atoms with van der Waals surface area (Å²) >= 11 is 0. The first-order valence-electron chi connectivity index (χ1n) is 8.73. The maximum atomic E-state index is 12.3. The largest absolute Gasteiger partial charge is 0.465 e. The van der Waals surface area contributed by atoms with Crippen LogP contribution in [0.4, 0.5) is 5.69 Å². The maximum Gasteiger partial charge on any atom is 0.339 e. The Morgan fingerprint density at radius 3 is 2.30 bits per heavy atom. The summed E-state index contributed by atoms with van der Waals surface area (Å²) in [7, 11) is 1.29. The van der Waals surface area contributed by atoms with E-state index in [0.717, 1.165) is 5.56 Å². The zero-order chi connectivity index (χ0) is 19.8. The van der Waals surface area contributed by atoms with Crippen LogP contribution in [0.5, 0.6) is 0 Å². The molecule has 1 atom stereocenters. The van der Waals surface area contributed by atoms with E-state index in [1.165, 1.54) is 18.9 Å². The quantitative estimate of drug-likeness (QED) is 0.762. The molecular formula is C21H24N2O4. The Morgan fingerprint density at radius 1 is 1.04 bits per heavy atom. The fourth-order valence-electron chi connectivity index (χ4n) is 2.79. The summed E-state index contributed by atoms with van der Waals surface area (Å²) in [5.74, 6) is -0.956. The first kappa shape index (κ1) is 20.2. The van der Waals surface area contributed by atoms with E-state index in [2.05, 4.69) is 5.32 Å². The number of hydrogen-bond acceptors (Lipinski definition) is 4. The predicted octanol–water partition coefficient (Wildman–Crippen LogP) is 3.09. The summed E-state index contributed by atoms with van der Waals surface area (Å²) in [6.07, 6.45) is 0.117. The lowest BCUT2D eigenvalue weighted by Crippen LogP contribution is -2.35. The molecule has 2 aromatic rings. The predicted molar refractivity (Wildman–Crippen MR) is 103 cm³/mol. The second-order valence-electron chi connectivity index (χ2n) is 6.13. The Hall–Kier alpha value is -3.15. The molecule has 27 heavy (non-hydrogen) atoms. The van der Waals surface area contributed by atoms with Crippen LogP contribution in [-0.4, -0.2) is 31.4 Å². The molecule has 0 aliphatic heterocycles. The van der Waals surface area contributed by atoms with Gasteiger partial charge in [-0.3, -0.25) is 9.59 Å². The number of benzene rings is 2. The van der Waals surface area contributed by atoms with Crippen LogP contribution in [0.3, 0.4) is 0 Å². The normalized spacial score (nSPS) is 11.4. The van der Waals surface area contributed by atoms with Gasteiger partial charge in [0, 0.05) is 19.9 Å². The molecule has 0 fully saturated rings. The third-order valence-electron chi connectivity index (χ3n) is 4.22. The molecule has 0 heterocycles. The zero-order valence-electron chi connectivity index (χ0n) is 15.8. The second-order valence-corrected chi connectivity index (χ2v) is 6.13. The standard InChI is InChI=1S/C21H24N2O4/c1-15(17-9-5-4-6-10-17)22-20(25)13-14-23(16(2)24)19-12-8-7-11-18(19)21(26)27-3/h4-12,15H,13-14H2,1-3H3,(H,22,25). The average Bonchev–Trinajstić information content (AvgIpc) is 2.68. The van der Waals surface area contributed by atoms with E-state index < -0.39 is 5.97 Å². The van der Waals surface area contributed by atoms with Gasteiger partial charge in [0.15, 0.2) is 0 Å². The highest BCUT2D eigenvalue weighted by Gasteiger charge is 2.20. The average molecular weight is 368 g/mol. The van der Waals surface area contributed by atoms with Gasteiger partial charge in [-0.05, 0) is 24.6 Å². The van der Waals surface area contributed by atoms with Crippen LogP contribution in [0.15, 0.2) is 54.6 Å². The molecule has 0 radical (unpaired) electrons. The minimum atomic E-state index is -0.529. The van der Waals surface area contributed by atoms with Crippen LogP contribution in [0, 0.1) is 0 Å². The Bertz CT molecular complexity index is 805. The second kappa shape index (κ2) is 9.52. The topological polar surface area (TPSA) is 75.7 Å². The van der Waals surface area contributed by atoms with E-state index in [1.807, 2.05) is 37.3 Å². The SMILES string of the molecule is COC(=O)c1ccccc1N(CCC(=O)NC(C)c1ccccc1)C(C)=O. The molecular weight excluding hydrogens is 344 g/mol. The van der Waals surface area contributed by atoms with E-state index in [-0.39, 0.29) is 36.4 Å². The number of nitrogens with one attached hydrogen (secondary N) is 1. The van der Waals surface area contributed by atoms with Crippen molar-refractivity contribution < 1.29 is 19.1 Å². The van der Waals surface area contributed by atoms with Gasteiger partial charge in [-0.1, -0.05) is 42.5 Å². The molecule has 142 valence electrons. The molecule has 1 N–H and O–H groups in total. The molecule has 2 aromatic carbocycles. The summed E-state index contributed by atoms with van der Waals surface area (Å²) in [6, 6.07) is 16.2. The van der Waals surface area contributed by atoms with Gasteiger partial charge in [0.25, 0.3) is 0 Å². The van der Waals surface area contributed by atoms with Crippen LogP contribution in [0.2, 0.25) is 0 Å². The van der Waals surface area contributed by atoms with Gasteiger partial charge >= 0.3 is 5.97 Å². The van der Waals surface area contributed by atoms with Crippen molar-refractivity contribution >= 4 is 23.5 Å². The Morgan fingerprint density at radius 2 is 1.67 bits per heavy atom. The molecule has 0 aliphatic carbocycles. The molecule has 0 aromatic heterocycles. The van der Waals surface area contributed by atoms with Gasteiger partial charge in [0.05, 0.1) is 24.4 Å². The van der Waals surface area contributed by atoms with Crippen molar-refractivity contribution in [3.63, 3.8) is 0 Å². The number of ether oxygens (including phenoxy) is 1. The van der Waals surface area contributed by atoms with Crippen molar-refractivity contribution in [2.24, 2.45) is 0 Å². The lowest BCUT2D eigenvalue weighted by molar-refractivity contribution is -0.121. The van der Waals surface area contributed by atoms with Gasteiger partial charge in [-0.2, -0.15) is 0 Å². The highest BCUT2D eigenvalue weighted by molar-refractivity contribution is 6.02. The molecule has 0 bridgehead atoms. The summed E-state index contributed by atoms with van der Waals surface area (Å²) in [6.45, 7) is 3.47. The third kappa shape index (κ3) is 5.41. The number of carbonyl (C=O) groups is 3. The van der Waals surface area contributed by atoms with Crippen molar-refractivity contribution in [3.05, 3.63) is 65.7 Å². The Balaban J connectivity index is 2.06. The highest BCUT2D eigenvalue weighted by Crippen LogP contribution is 2.22. The van der Waals surface area contributed by atoms with Gasteiger partial charge in [-0.15, -0.1) is 0 Å². The summed E-state index contributed by atoms with van der Waals surface area (Å²) < 4.78 is 4.78. The van der Waals surface area contributed by atoms with Crippen LogP contribution in [-0.2, 0) is 14.3 Å². The first-order valence-corrected chi connectivity index (χ1v) is 8.73. The van der Waals surface area contributed by atoms with Crippen molar-refractivity contribution in [1.29, 1.82) is 0 Å². The molecule has 0 aliphatic rings. The number of para-hydroxylation sites is 1. The van der Waals surface area contributed by atoms with Gasteiger partial charge in [-0.25, -0.2) is 4.79 Å². The number of methoxy groups -OCH3 is 1. The van der Waals surface area contributed by atoms with Crippen LogP contribution in [0.1, 0.15) is 42.2 Å². The van der Waals surface area contributed by atoms with Crippen molar-refractivity contribution in [3.8, 4) is 0 Å². The van der Waals surface area contributed by atoms with E-state index in [9.17, 15) is 14.4 Å². The minimum Gasteiger partial charge on any atom is -0.465 e. The number of amides is 2. The van der Waals surface area contributed by atoms with E-state index >= 15 is 0 Å². The van der Waals surface area contributed by atoms with Crippen LogP contribution in [0.25, 0.3) is 0 Å². The summed E-state index contributed by atoms with van der Waals surface area (Å²) in [5, 5.41) is 2.92. The van der Waals surface area contributed by atoms with E-state index in [4.69, 9.17) is 4.74 Å². The number of hydrogen-bond donors (Lipinski definition) is 1. The van der Waals surface area contributed by atoms with Crippen molar-refractivity contribution in [2.45, 2.75) is 26.3 Å². The minimum absolute atomic E-state index is 0.117. The highest BCUT2D eigenvalue weighted by atomic mass is 16.5. The summed E-state index contributed by atoms with van der Waals surface area (Å²) in [5.41, 5.74) is 1.72. The number of carbonyl (C=O) groups excluding carboxylic acids is 3. The number of nitrogens with zero attached hydrogens (tertiary/aromatic N) is 1. The number of esters is 1. The zero-order valence-corrected chi connectivity index (χ0v) is 15.8. The lowest BCUT2D eigenvalue weighted by Gasteiger charge is -2.23. The molecule has 2 rings (SSSR count). The van der Waals surface area contributed by atoms with Gasteiger partial charge in [0.2, 0.25) is 11.8 Å². The number of rotatable bonds is 7. The maximum absolute atomic E-state index is 12.3. The third-order valence-corrected chi connectivity index (χ3v) is 4.22. The van der Waals surface area contributed by atoms with Gasteiger partial charge in [0.1, 0.15) is 0 Å². The van der Waals surface area contributed by atoms with Crippen LogP contribution < -0.4 is 10.2 Å². The Labute approximate surface area is 159 Å². The first-order chi connectivity index (χ1) is 12.9. The molecule has 6 nitrogen and oxygen atoms in total. The van der Waals surface area contributed by atoms with E-state index in [0.29, 0.717) is 5.69 Å². The molecule has 0 saturated heterocycles. The van der Waals surface area contributed by atoms with Crippen molar-refractivity contribution in [2.75, 3.05) is 18.6 Å².